The van der Waals surface area contributed by atoms with E-state index in [2.05, 4.69) is 13.8 Å². The number of hydrogen-bond donors (Lipinski definition) is 0. The van der Waals surface area contributed by atoms with Crippen LogP contribution in [-0.2, 0) is 0 Å². The molecule has 0 amide bonds. The molecule has 1 aromatic carbocycles. The van der Waals surface area contributed by atoms with Crippen molar-refractivity contribution in [1.29, 1.82) is 0 Å². The molecule has 0 spiro atoms. The molecule has 0 aliphatic carbocycles. The van der Waals surface area contributed by atoms with Crippen molar-refractivity contribution in [2.75, 3.05) is 6.61 Å². The molecule has 0 N–H and O–H groups in total. The van der Waals surface area contributed by atoms with Gasteiger partial charge in [-0.3, -0.25) is 0 Å². The molecule has 0 saturated carbocycles. The van der Waals surface area contributed by atoms with Crippen molar-refractivity contribution in [3.8, 4) is 5.75 Å². The molecule has 0 saturated heterocycles. The molecule has 0 bridgehead atoms. The second kappa shape index (κ2) is 8.96. The summed E-state index contributed by atoms with van der Waals surface area (Å²) in [5.41, 5.74) is 0.999. The normalized spacial score (nSPS) is 8.08. The summed E-state index contributed by atoms with van der Waals surface area (Å²) < 4.78 is 5.40. The van der Waals surface area contributed by atoms with Crippen LogP contribution in [0.15, 0.2) is 24.3 Å². The van der Waals surface area contributed by atoms with Gasteiger partial charge in [-0.25, -0.2) is 0 Å². The monoisotopic (exact) mass is 300 g/mol. The first kappa shape index (κ1) is 15.8. The predicted molar refractivity (Wildman–Crippen MR) is 52.4 cm³/mol. The average Bonchev–Trinajstić information content (AvgIpc) is 2.01. The van der Waals surface area contributed by atoms with Crippen LogP contribution in [0.2, 0.25) is 0 Å². The molecule has 0 heterocycles. The Labute approximate surface area is 113 Å². The van der Waals surface area contributed by atoms with Crippen LogP contribution in [0.5, 0.6) is 5.75 Å². The molecule has 13 heavy (non-hydrogen) atoms. The summed E-state index contributed by atoms with van der Waals surface area (Å²) in [6.07, 6.45) is 1.04. The molecule has 0 radical (unpaired) electrons. The predicted octanol–water partition coefficient (Wildman–Crippen LogP) is -0.719. The van der Waals surface area contributed by atoms with Crippen LogP contribution >= 0.6 is 0 Å². The van der Waals surface area contributed by atoms with Crippen LogP contribution in [-0.4, -0.2) is 29.7 Å². The van der Waals surface area contributed by atoms with Crippen molar-refractivity contribution in [1.82, 2.24) is 0 Å². The van der Waals surface area contributed by atoms with Crippen molar-refractivity contribution in [3.05, 3.63) is 36.8 Å². The third-order valence-electron chi connectivity index (χ3n) is 1.37. The maximum absolute atomic E-state index is 5.40. The Morgan fingerprint density at radius 2 is 2.08 bits per heavy atom. The van der Waals surface area contributed by atoms with Gasteiger partial charge in [0.15, 0.2) is 0 Å². The molecule has 68 valence electrons. The summed E-state index contributed by atoms with van der Waals surface area (Å²) in [6, 6.07) is 7.80. The fourth-order valence-electron chi connectivity index (χ4n) is 0.855. The van der Waals surface area contributed by atoms with Gasteiger partial charge < -0.3 is 28.7 Å². The maximum Gasteiger partial charge on any atom is 2.00 e. The molecule has 0 atom stereocenters. The largest absolute Gasteiger partial charge is 2.00 e. The summed E-state index contributed by atoms with van der Waals surface area (Å²) in [7, 11) is 0. The van der Waals surface area contributed by atoms with Gasteiger partial charge in [0.05, 0.1) is 12.4 Å². The summed E-state index contributed by atoms with van der Waals surface area (Å²) in [5, 5.41) is 0. The zero-order chi connectivity index (χ0) is 8.10. The Hall–Kier alpha value is 0.386. The fraction of sp³-hybridized carbons (Fsp3) is 0.300. The molecule has 0 aromatic heterocycles. The zero-order valence-corrected chi connectivity index (χ0v) is 11.5. The third kappa shape index (κ3) is 6.46. The topological polar surface area (TPSA) is 9.23 Å². The molecule has 0 aliphatic heterocycles. The molecule has 1 nitrogen and oxygen atoms in total. The molecule has 1 aromatic rings. The summed E-state index contributed by atoms with van der Waals surface area (Å²) in [6.45, 7) is 6.68. The Morgan fingerprint density at radius 1 is 1.38 bits per heavy atom. The van der Waals surface area contributed by atoms with Crippen molar-refractivity contribution >= 4 is 23.1 Å². The van der Waals surface area contributed by atoms with Crippen LogP contribution < -0.4 is 28.7 Å². The van der Waals surface area contributed by atoms with Gasteiger partial charge in [0.2, 0.25) is 0 Å². The minimum absolute atomic E-state index is 0. The number of halogens is 1. The smallest absolute Gasteiger partial charge is 1.00 e. The van der Waals surface area contributed by atoms with Crippen LogP contribution in [0.25, 0.3) is 0 Å². The first-order valence-corrected chi connectivity index (χ1v) is 3.87. The van der Waals surface area contributed by atoms with Crippen molar-refractivity contribution in [3.63, 3.8) is 0 Å². The van der Waals surface area contributed by atoms with Gasteiger partial charge in [-0.1, -0.05) is 6.92 Å². The molecule has 0 fully saturated rings. The zero-order valence-electron chi connectivity index (χ0n) is 7.92. The molecular weight excluding hydrogens is 287 g/mol. The first-order valence-electron chi connectivity index (χ1n) is 3.87. The Bertz CT molecular complexity index is 228. The fourth-order valence-corrected chi connectivity index (χ4v) is 0.855. The SMILES string of the molecule is [CH2-]c1cccc(OCCC)c1.[I-].[Mg+2]. The standard InChI is InChI=1S/C10H13O.HI.Mg/c1-3-7-11-10-6-4-5-9(2)8-10;;/h4-6,8H,2-3,7H2,1H3;1H;/q-1;;+2/p-1. The van der Waals surface area contributed by atoms with E-state index in [1.807, 2.05) is 24.3 Å². The van der Waals surface area contributed by atoms with Gasteiger partial charge in [-0.15, -0.1) is 12.1 Å². The first-order chi connectivity index (χ1) is 5.33. The second-order valence-corrected chi connectivity index (χ2v) is 2.50. The van der Waals surface area contributed by atoms with E-state index in [-0.39, 0.29) is 47.0 Å². The molecule has 3 heteroatoms. The average molecular weight is 300 g/mol. The quantitative estimate of drug-likeness (QED) is 0.407. The van der Waals surface area contributed by atoms with Gasteiger partial charge in [0, 0.05) is 0 Å². The van der Waals surface area contributed by atoms with E-state index in [4.69, 9.17) is 4.74 Å². The van der Waals surface area contributed by atoms with E-state index in [0.717, 1.165) is 24.3 Å². The minimum Gasteiger partial charge on any atom is -1.00 e. The second-order valence-electron chi connectivity index (χ2n) is 2.50. The number of rotatable bonds is 3. The Kier molecular flexibility index (Phi) is 10.9. The van der Waals surface area contributed by atoms with Gasteiger partial charge in [0.1, 0.15) is 0 Å². The summed E-state index contributed by atoms with van der Waals surface area (Å²) in [5.74, 6) is 0.916. The van der Waals surface area contributed by atoms with Crippen LogP contribution in [0.4, 0.5) is 0 Å². The van der Waals surface area contributed by atoms with Gasteiger partial charge in [-0.05, 0) is 12.5 Å². The van der Waals surface area contributed by atoms with Crippen molar-refractivity contribution in [2.45, 2.75) is 13.3 Å². The molecule has 0 unspecified atom stereocenters. The van der Waals surface area contributed by atoms with Crippen LogP contribution in [0.3, 0.4) is 0 Å². The summed E-state index contributed by atoms with van der Waals surface area (Å²) >= 11 is 0. The van der Waals surface area contributed by atoms with Crippen molar-refractivity contribution < 1.29 is 28.7 Å². The Balaban J connectivity index is 0. The van der Waals surface area contributed by atoms with E-state index < -0.39 is 0 Å². The van der Waals surface area contributed by atoms with Gasteiger partial charge >= 0.3 is 23.1 Å². The van der Waals surface area contributed by atoms with E-state index in [1.165, 1.54) is 0 Å². The van der Waals surface area contributed by atoms with Gasteiger partial charge in [0.25, 0.3) is 0 Å². The van der Waals surface area contributed by atoms with Crippen LogP contribution in [0.1, 0.15) is 18.9 Å². The number of benzene rings is 1. The maximum atomic E-state index is 5.40. The summed E-state index contributed by atoms with van der Waals surface area (Å²) in [4.78, 5) is 0. The molecule has 0 aliphatic rings. The minimum atomic E-state index is 0. The van der Waals surface area contributed by atoms with Gasteiger partial charge in [-0.2, -0.15) is 18.6 Å². The van der Waals surface area contributed by atoms with Crippen molar-refractivity contribution in [2.24, 2.45) is 0 Å². The number of hydrogen-bond acceptors (Lipinski definition) is 1. The Morgan fingerprint density at radius 3 is 2.62 bits per heavy atom. The van der Waals surface area contributed by atoms with E-state index in [9.17, 15) is 0 Å². The number of ether oxygens (including phenoxy) is 1. The van der Waals surface area contributed by atoms with Crippen LogP contribution in [0, 0.1) is 6.92 Å². The van der Waals surface area contributed by atoms with E-state index in [0.29, 0.717) is 0 Å². The van der Waals surface area contributed by atoms with E-state index in [1.54, 1.807) is 0 Å². The molecular formula is C10H13IMgO. The van der Waals surface area contributed by atoms with E-state index >= 15 is 0 Å². The molecule has 1 rings (SSSR count). The third-order valence-corrected chi connectivity index (χ3v) is 1.37.